The first kappa shape index (κ1) is 47.4. The Morgan fingerprint density at radius 1 is 0.803 bits per heavy atom. The number of carboxylic acids is 1. The molecule has 15 nitrogen and oxygen atoms in total. The zero-order valence-corrected chi connectivity index (χ0v) is 39.1. The maximum absolute atomic E-state index is 14.6. The van der Waals surface area contributed by atoms with Gasteiger partial charge in [-0.15, -0.1) is 23.1 Å². The van der Waals surface area contributed by atoms with Crippen LogP contribution in [0.1, 0.15) is 45.2 Å². The van der Waals surface area contributed by atoms with E-state index < -0.39 is 58.3 Å². The van der Waals surface area contributed by atoms with E-state index in [2.05, 4.69) is 15.8 Å². The van der Waals surface area contributed by atoms with E-state index in [9.17, 15) is 34.4 Å². The number of β-lactam (4-membered cyclic amide) rings is 1. The first-order valence-electron chi connectivity index (χ1n) is 22.1. The Labute approximate surface area is 415 Å². The number of carboxylic acid groups (broad SMARTS) is 1. The summed E-state index contributed by atoms with van der Waals surface area (Å²) < 4.78 is 6.29. The second-order valence-electron chi connectivity index (χ2n) is 16.1. The number of nitro benzene ring substituents is 1. The van der Waals surface area contributed by atoms with Crippen molar-refractivity contribution in [2.24, 2.45) is 5.16 Å². The van der Waals surface area contributed by atoms with E-state index in [0.717, 1.165) is 16.7 Å². The first-order valence-corrected chi connectivity index (χ1v) is 24.1. The lowest BCUT2D eigenvalue weighted by molar-refractivity contribution is -0.384. The molecule has 1 saturated heterocycles. The normalized spacial score (nSPS) is 15.7. The molecule has 1 aromatic heterocycles. The Balaban J connectivity index is 1.02. The summed E-state index contributed by atoms with van der Waals surface area (Å²) in [6.45, 7) is -0.862. The predicted molar refractivity (Wildman–Crippen MR) is 270 cm³/mol. The fourth-order valence-electron chi connectivity index (χ4n) is 8.36. The van der Waals surface area contributed by atoms with Crippen LogP contribution < -0.4 is 10.6 Å². The highest BCUT2D eigenvalue weighted by molar-refractivity contribution is 8.00. The number of anilines is 1. The van der Waals surface area contributed by atoms with Gasteiger partial charge in [0.2, 0.25) is 6.61 Å². The van der Waals surface area contributed by atoms with Crippen molar-refractivity contribution in [2.75, 3.05) is 17.7 Å². The van der Waals surface area contributed by atoms with Crippen molar-refractivity contribution in [1.82, 2.24) is 15.2 Å². The molecule has 1 fully saturated rings. The Morgan fingerprint density at radius 3 is 1.86 bits per heavy atom. The van der Waals surface area contributed by atoms with E-state index in [-0.39, 0.29) is 28.5 Å². The number of benzene rings is 6. The Kier molecular flexibility index (Phi) is 14.2. The molecule has 2 aliphatic heterocycles. The van der Waals surface area contributed by atoms with Gasteiger partial charge in [-0.2, -0.15) is 0 Å². The van der Waals surface area contributed by atoms with Crippen LogP contribution in [0.4, 0.5) is 10.8 Å². The fraction of sp³-hybridized carbons (Fsp3) is 0.111. The molecule has 71 heavy (non-hydrogen) atoms. The van der Waals surface area contributed by atoms with Gasteiger partial charge in [-0.1, -0.05) is 169 Å². The maximum atomic E-state index is 14.6. The third kappa shape index (κ3) is 10.2. The van der Waals surface area contributed by atoms with Crippen molar-refractivity contribution in [3.8, 4) is 0 Å². The number of nitro groups is 1. The summed E-state index contributed by atoms with van der Waals surface area (Å²) in [7, 11) is 0. The molecule has 354 valence electrons. The Bertz CT molecular complexity index is 3020. The van der Waals surface area contributed by atoms with Crippen LogP contribution in [-0.4, -0.2) is 73.2 Å². The van der Waals surface area contributed by atoms with Crippen molar-refractivity contribution in [2.45, 2.75) is 23.1 Å². The van der Waals surface area contributed by atoms with Crippen LogP contribution in [0.3, 0.4) is 0 Å². The highest BCUT2D eigenvalue weighted by Gasteiger charge is 2.55. The molecule has 2 atom stereocenters. The predicted octanol–water partition coefficient (Wildman–Crippen LogP) is 8.96. The Morgan fingerprint density at radius 2 is 1.34 bits per heavy atom. The first-order chi connectivity index (χ1) is 34.6. The molecule has 9 rings (SSSR count). The number of ether oxygens (including phenoxy) is 1. The molecule has 6 aromatic carbocycles. The third-order valence-corrected chi connectivity index (χ3v) is 13.8. The molecule has 0 radical (unpaired) electrons. The van der Waals surface area contributed by atoms with Gasteiger partial charge in [-0.25, -0.2) is 14.6 Å². The number of esters is 1. The van der Waals surface area contributed by atoms with Gasteiger partial charge < -0.3 is 25.3 Å². The van der Waals surface area contributed by atoms with E-state index >= 15 is 0 Å². The van der Waals surface area contributed by atoms with Gasteiger partial charge in [0.15, 0.2) is 16.9 Å². The number of thioether (sulfide) groups is 1. The van der Waals surface area contributed by atoms with Crippen LogP contribution in [0.25, 0.3) is 6.08 Å². The quantitative estimate of drug-likeness (QED) is 0.0184. The Hall–Kier alpha value is -8.67. The summed E-state index contributed by atoms with van der Waals surface area (Å²) in [5.74, 6) is -3.42. The van der Waals surface area contributed by atoms with Crippen molar-refractivity contribution >= 4 is 69.5 Å². The molecule has 17 heteroatoms. The minimum atomic E-state index is -1.33. The number of fused-ring (bicyclic) bond motifs is 1. The van der Waals surface area contributed by atoms with E-state index in [4.69, 9.17) is 14.6 Å². The molecular weight excluding hydrogens is 941 g/mol. The number of amides is 2. The molecule has 3 heterocycles. The van der Waals surface area contributed by atoms with Crippen molar-refractivity contribution in [1.29, 1.82) is 0 Å². The minimum Gasteiger partial charge on any atom is -0.479 e. The number of thiazole rings is 1. The highest BCUT2D eigenvalue weighted by atomic mass is 32.2. The molecule has 0 aliphatic carbocycles. The number of hydrogen-bond acceptors (Lipinski definition) is 13. The maximum Gasteiger partial charge on any atom is 0.356 e. The van der Waals surface area contributed by atoms with Crippen LogP contribution >= 0.6 is 23.1 Å². The summed E-state index contributed by atoms with van der Waals surface area (Å²) in [6, 6.07) is 52.6. The lowest BCUT2D eigenvalue weighted by atomic mass is 9.77. The van der Waals surface area contributed by atoms with Gasteiger partial charge in [-0.05, 0) is 51.1 Å². The zero-order valence-electron chi connectivity index (χ0n) is 37.4. The third-order valence-electron chi connectivity index (χ3n) is 11.7. The van der Waals surface area contributed by atoms with Crippen molar-refractivity contribution in [3.05, 3.63) is 248 Å². The lowest BCUT2D eigenvalue weighted by Crippen LogP contribution is -2.71. The van der Waals surface area contributed by atoms with Gasteiger partial charge in [0.25, 0.3) is 17.5 Å². The molecule has 2 amide bonds. The molecule has 7 aromatic rings. The summed E-state index contributed by atoms with van der Waals surface area (Å²) in [6.07, 6.45) is 2.50. The van der Waals surface area contributed by atoms with Gasteiger partial charge in [0.05, 0.1) is 4.92 Å². The number of allylic oxidation sites excluding steroid dienone is 1. The van der Waals surface area contributed by atoms with Gasteiger partial charge in [0.1, 0.15) is 28.3 Å². The van der Waals surface area contributed by atoms with Gasteiger partial charge >= 0.3 is 11.9 Å². The van der Waals surface area contributed by atoms with Gasteiger partial charge in [0, 0.05) is 23.3 Å². The molecular formula is C54H42N6O9S2. The number of carbonyl (C=O) groups excluding carboxylic acids is 3. The van der Waals surface area contributed by atoms with Gasteiger partial charge in [-0.3, -0.25) is 24.6 Å². The number of nitrogens with zero attached hydrogens (tertiary/aromatic N) is 4. The minimum absolute atomic E-state index is 0.0353. The average Bonchev–Trinajstić information content (AvgIpc) is 3.88. The molecule has 0 saturated carbocycles. The van der Waals surface area contributed by atoms with Crippen LogP contribution in [0.5, 0.6) is 0 Å². The molecule has 0 spiro atoms. The topological polar surface area (TPSA) is 203 Å². The van der Waals surface area contributed by atoms with Crippen molar-refractivity contribution in [3.63, 3.8) is 0 Å². The van der Waals surface area contributed by atoms with Crippen molar-refractivity contribution < 1.29 is 38.8 Å². The number of nitrogens with one attached hydrogen (secondary N) is 2. The SMILES string of the molecule is O=C(O)CO/N=C(\C(=O)NC1C(=O)N2C(C(=O)OC(c3ccccc3)c3ccccc3)=C(/C=C/c3ccc([N+](=O)[O-])cc3)CS[C@H]12)c1csc(NC(c2ccccc2)(c2ccccc2)c2ccccc2)n1. The summed E-state index contributed by atoms with van der Waals surface area (Å²) in [5, 5.41) is 32.3. The second kappa shape index (κ2) is 21.3. The summed E-state index contributed by atoms with van der Waals surface area (Å²) in [5.41, 5.74) is 3.72. The molecule has 1 unspecified atom stereocenters. The zero-order chi connectivity index (χ0) is 49.3. The van der Waals surface area contributed by atoms with E-state index in [1.165, 1.54) is 40.1 Å². The standard InChI is InChI=1S/C54H42N6O9S2/c61-44(62)32-68-58-45(43-34-71-53(55-43)57-54(39-20-10-3-11-21-39,40-22-12-4-13-23-40)41-24-14-5-15-25-41)49(63)56-46-50(64)59-47(38(33-70-51(46)59)29-26-35-27-30-42(31-28-35)60(66)67)52(65)69-48(36-16-6-1-7-17-36)37-18-8-2-9-19-37/h1-31,34,46,48,51H,32-33H2,(H,55,57)(H,56,63)(H,61,62)/b29-26+,58-45-/t46?,51-/m1/s1. The number of rotatable bonds is 18. The van der Waals surface area contributed by atoms with E-state index in [1.807, 2.05) is 152 Å². The average molecular weight is 983 g/mol. The summed E-state index contributed by atoms with van der Waals surface area (Å²) in [4.78, 5) is 77.0. The second-order valence-corrected chi connectivity index (χ2v) is 18.1. The molecule has 0 bridgehead atoms. The highest BCUT2D eigenvalue weighted by Crippen LogP contribution is 2.43. The monoisotopic (exact) mass is 982 g/mol. The lowest BCUT2D eigenvalue weighted by Gasteiger charge is -2.49. The fourth-order valence-corrected chi connectivity index (χ4v) is 10.4. The number of aromatic nitrogens is 1. The summed E-state index contributed by atoms with van der Waals surface area (Å²) >= 11 is 2.48. The van der Waals surface area contributed by atoms with Crippen LogP contribution in [0, 0.1) is 10.1 Å². The molecule has 2 aliphatic rings. The van der Waals surface area contributed by atoms with Crippen LogP contribution in [0.15, 0.2) is 204 Å². The van der Waals surface area contributed by atoms with E-state index in [0.29, 0.717) is 27.4 Å². The van der Waals surface area contributed by atoms with E-state index in [1.54, 1.807) is 29.7 Å². The molecule has 3 N–H and O–H groups in total. The number of carbonyl (C=O) groups is 4. The number of aliphatic carboxylic acids is 1. The number of oxime groups is 1. The smallest absolute Gasteiger partial charge is 0.356 e. The largest absolute Gasteiger partial charge is 0.479 e. The number of non-ortho nitro benzene ring substituents is 1. The van der Waals surface area contributed by atoms with Crippen LogP contribution in [0.2, 0.25) is 0 Å². The van der Waals surface area contributed by atoms with Crippen LogP contribution in [-0.2, 0) is 34.3 Å². The number of hydrogen-bond donors (Lipinski definition) is 3.